The van der Waals surface area contributed by atoms with Crippen LogP contribution in [0.1, 0.15) is 16.1 Å². The number of carboxylic acid groups (broad SMARTS) is 1. The lowest BCUT2D eigenvalue weighted by molar-refractivity contribution is 0.0697. The number of carboxylic acids is 1. The summed E-state index contributed by atoms with van der Waals surface area (Å²) in [5, 5.41) is 9.32. The first kappa shape index (κ1) is 13.9. The van der Waals surface area contributed by atoms with Crippen LogP contribution in [0.5, 0.6) is 11.5 Å². The van der Waals surface area contributed by atoms with Gasteiger partial charge in [-0.2, -0.15) is 0 Å². The molecule has 0 fully saturated rings. The van der Waals surface area contributed by atoms with Crippen LogP contribution >= 0.6 is 0 Å². The number of pyridine rings is 1. The van der Waals surface area contributed by atoms with Gasteiger partial charge in [0.15, 0.2) is 0 Å². The minimum atomic E-state index is -1.04. The second-order valence-electron chi connectivity index (χ2n) is 4.21. The minimum Gasteiger partial charge on any atom is -0.496 e. The monoisotopic (exact) mass is 273 g/mol. The Morgan fingerprint density at radius 1 is 1.20 bits per heavy atom. The highest BCUT2D eigenvalue weighted by Crippen LogP contribution is 2.39. The molecule has 1 aromatic heterocycles. The van der Waals surface area contributed by atoms with E-state index in [1.165, 1.54) is 20.4 Å². The van der Waals surface area contributed by atoms with Crippen LogP contribution in [-0.2, 0) is 0 Å². The van der Waals surface area contributed by atoms with Crippen molar-refractivity contribution in [3.8, 4) is 22.6 Å². The Balaban J connectivity index is 2.79. The number of aromatic carboxylic acids is 1. The summed E-state index contributed by atoms with van der Waals surface area (Å²) in [4.78, 5) is 15.4. The van der Waals surface area contributed by atoms with Gasteiger partial charge in [0, 0.05) is 17.5 Å². The number of aryl methyl sites for hydroxylation is 1. The van der Waals surface area contributed by atoms with E-state index in [-0.39, 0.29) is 5.56 Å². The van der Waals surface area contributed by atoms with Crippen LogP contribution in [0.15, 0.2) is 30.5 Å². The van der Waals surface area contributed by atoms with Gasteiger partial charge in [-0.25, -0.2) is 4.79 Å². The zero-order valence-corrected chi connectivity index (χ0v) is 11.5. The average Bonchev–Trinajstić information content (AvgIpc) is 2.45. The van der Waals surface area contributed by atoms with E-state index in [0.29, 0.717) is 22.6 Å². The van der Waals surface area contributed by atoms with Gasteiger partial charge < -0.3 is 14.6 Å². The van der Waals surface area contributed by atoms with Crippen molar-refractivity contribution in [3.05, 3.63) is 41.7 Å². The maximum atomic E-state index is 11.4. The van der Waals surface area contributed by atoms with E-state index in [0.717, 1.165) is 5.69 Å². The molecule has 0 radical (unpaired) electrons. The quantitative estimate of drug-likeness (QED) is 0.927. The van der Waals surface area contributed by atoms with E-state index in [1.54, 1.807) is 31.2 Å². The Bertz CT molecular complexity index is 630. The average molecular weight is 273 g/mol. The first-order valence-electron chi connectivity index (χ1n) is 5.99. The van der Waals surface area contributed by atoms with Crippen LogP contribution in [0, 0.1) is 6.92 Å². The third-order valence-corrected chi connectivity index (χ3v) is 2.97. The summed E-state index contributed by atoms with van der Waals surface area (Å²) in [6, 6.07) is 7.03. The van der Waals surface area contributed by atoms with E-state index in [1.807, 2.05) is 0 Å². The molecule has 0 aliphatic rings. The van der Waals surface area contributed by atoms with Gasteiger partial charge in [-0.15, -0.1) is 0 Å². The molecule has 0 aliphatic carbocycles. The van der Waals surface area contributed by atoms with E-state index in [2.05, 4.69) is 4.98 Å². The lowest BCUT2D eigenvalue weighted by Gasteiger charge is -2.15. The number of aromatic nitrogens is 1. The predicted octanol–water partition coefficient (Wildman–Crippen LogP) is 2.77. The number of hydrogen-bond acceptors (Lipinski definition) is 4. The zero-order chi connectivity index (χ0) is 14.7. The lowest BCUT2D eigenvalue weighted by atomic mass is 9.98. The largest absolute Gasteiger partial charge is 0.496 e. The molecule has 1 N–H and O–H groups in total. The van der Waals surface area contributed by atoms with Crippen LogP contribution in [0.25, 0.3) is 11.1 Å². The topological polar surface area (TPSA) is 68.7 Å². The van der Waals surface area contributed by atoms with Crippen molar-refractivity contribution in [2.75, 3.05) is 14.2 Å². The molecule has 0 atom stereocenters. The van der Waals surface area contributed by atoms with Crippen LogP contribution in [0.4, 0.5) is 0 Å². The molecule has 0 unspecified atom stereocenters. The fraction of sp³-hybridized carbons (Fsp3) is 0.200. The molecule has 20 heavy (non-hydrogen) atoms. The summed E-state index contributed by atoms with van der Waals surface area (Å²) < 4.78 is 10.6. The maximum Gasteiger partial charge on any atom is 0.337 e. The van der Waals surface area contributed by atoms with Crippen molar-refractivity contribution in [1.82, 2.24) is 4.98 Å². The molecular weight excluding hydrogens is 258 g/mol. The van der Waals surface area contributed by atoms with E-state index in [9.17, 15) is 9.90 Å². The number of benzene rings is 1. The highest BCUT2D eigenvalue weighted by Gasteiger charge is 2.19. The SMILES string of the molecule is COc1cccc(OC)c1-c1cc(C)ncc1C(=O)O. The Hall–Kier alpha value is -2.56. The summed E-state index contributed by atoms with van der Waals surface area (Å²) in [5.74, 6) is 0.0651. The molecule has 0 aliphatic heterocycles. The van der Waals surface area contributed by atoms with Crippen molar-refractivity contribution < 1.29 is 19.4 Å². The molecule has 1 heterocycles. The minimum absolute atomic E-state index is 0.110. The molecule has 2 aromatic rings. The molecule has 5 nitrogen and oxygen atoms in total. The van der Waals surface area contributed by atoms with Crippen LogP contribution in [0.3, 0.4) is 0 Å². The van der Waals surface area contributed by atoms with Gasteiger partial charge in [0.05, 0.1) is 25.3 Å². The number of carbonyl (C=O) groups is 1. The fourth-order valence-corrected chi connectivity index (χ4v) is 2.05. The summed E-state index contributed by atoms with van der Waals surface area (Å²) in [5.41, 5.74) is 1.97. The number of nitrogens with zero attached hydrogens (tertiary/aromatic N) is 1. The van der Waals surface area contributed by atoms with Crippen LogP contribution in [0.2, 0.25) is 0 Å². The highest BCUT2D eigenvalue weighted by atomic mass is 16.5. The standard InChI is InChI=1S/C15H15NO4/c1-9-7-10(11(8-16-9)15(17)18)14-12(19-2)5-4-6-13(14)20-3/h4-8H,1-3H3,(H,17,18). The van der Waals surface area contributed by atoms with E-state index in [4.69, 9.17) is 9.47 Å². The van der Waals surface area contributed by atoms with Gasteiger partial charge in [0.2, 0.25) is 0 Å². The Morgan fingerprint density at radius 3 is 2.30 bits per heavy atom. The second-order valence-corrected chi connectivity index (χ2v) is 4.21. The first-order valence-corrected chi connectivity index (χ1v) is 5.99. The molecule has 0 spiro atoms. The van der Waals surface area contributed by atoms with E-state index >= 15 is 0 Å². The molecule has 2 rings (SSSR count). The highest BCUT2D eigenvalue weighted by molar-refractivity contribution is 5.97. The molecule has 5 heteroatoms. The number of hydrogen-bond donors (Lipinski definition) is 1. The third kappa shape index (κ3) is 2.42. The molecule has 104 valence electrons. The fourth-order valence-electron chi connectivity index (χ4n) is 2.05. The van der Waals surface area contributed by atoms with Crippen LogP contribution < -0.4 is 9.47 Å². The molecule has 0 saturated carbocycles. The molecule has 0 saturated heterocycles. The smallest absolute Gasteiger partial charge is 0.337 e. The maximum absolute atomic E-state index is 11.4. The lowest BCUT2D eigenvalue weighted by Crippen LogP contribution is -2.03. The van der Waals surface area contributed by atoms with Gasteiger partial charge in [-0.1, -0.05) is 6.07 Å². The van der Waals surface area contributed by atoms with Gasteiger partial charge >= 0.3 is 5.97 Å². The van der Waals surface area contributed by atoms with Crippen molar-refractivity contribution >= 4 is 5.97 Å². The predicted molar refractivity (Wildman–Crippen MR) is 74.5 cm³/mol. The Labute approximate surface area is 116 Å². The molecule has 1 aromatic carbocycles. The normalized spacial score (nSPS) is 10.2. The number of ether oxygens (including phenoxy) is 2. The summed E-state index contributed by atoms with van der Waals surface area (Å²) in [6.07, 6.45) is 1.35. The van der Waals surface area contributed by atoms with Crippen molar-refractivity contribution in [3.63, 3.8) is 0 Å². The summed E-state index contributed by atoms with van der Waals surface area (Å²) in [6.45, 7) is 1.80. The third-order valence-electron chi connectivity index (χ3n) is 2.97. The summed E-state index contributed by atoms with van der Waals surface area (Å²) in [7, 11) is 3.07. The van der Waals surface area contributed by atoms with Gasteiger partial charge in [0.25, 0.3) is 0 Å². The molecule has 0 bridgehead atoms. The number of rotatable bonds is 4. The summed E-state index contributed by atoms with van der Waals surface area (Å²) >= 11 is 0. The first-order chi connectivity index (χ1) is 9.58. The zero-order valence-electron chi connectivity index (χ0n) is 11.5. The van der Waals surface area contributed by atoms with Crippen molar-refractivity contribution in [1.29, 1.82) is 0 Å². The Morgan fingerprint density at radius 2 is 1.80 bits per heavy atom. The van der Waals surface area contributed by atoms with E-state index < -0.39 is 5.97 Å². The number of methoxy groups -OCH3 is 2. The molecule has 0 amide bonds. The van der Waals surface area contributed by atoms with Gasteiger partial charge in [-0.05, 0) is 25.1 Å². The van der Waals surface area contributed by atoms with Crippen molar-refractivity contribution in [2.24, 2.45) is 0 Å². The van der Waals surface area contributed by atoms with Crippen molar-refractivity contribution in [2.45, 2.75) is 6.92 Å². The van der Waals surface area contributed by atoms with Gasteiger partial charge in [-0.3, -0.25) is 4.98 Å². The van der Waals surface area contributed by atoms with Crippen LogP contribution in [-0.4, -0.2) is 30.3 Å². The molecular formula is C15H15NO4. The van der Waals surface area contributed by atoms with Gasteiger partial charge in [0.1, 0.15) is 11.5 Å². The second kappa shape index (κ2) is 5.61. The Kier molecular flexibility index (Phi) is 3.89.